The Bertz CT molecular complexity index is 359. The first-order valence-corrected chi connectivity index (χ1v) is 12.4. The third kappa shape index (κ3) is 7.67. The molecular formula is C11H23Br4ClNO4P. The van der Waals surface area contributed by atoms with Crippen LogP contribution in [-0.2, 0) is 9.09 Å². The van der Waals surface area contributed by atoms with E-state index < -0.39 is 13.4 Å². The van der Waals surface area contributed by atoms with Crippen molar-refractivity contribution in [2.24, 2.45) is 5.92 Å². The van der Waals surface area contributed by atoms with Crippen molar-refractivity contribution >= 4 is 83.1 Å². The first-order valence-electron chi connectivity index (χ1n) is 6.38. The standard InChI is InChI=1S/C11H20Br4ClO4P.H3N/c1-3-7(14)9(10(16)8(15)4-2)11(5-12,6-13)20-21(17,18)19;/h7-10H,3-6H2,1-2H3,(H2,17,18,19);1H3. The van der Waals surface area contributed by atoms with Gasteiger partial charge >= 0.3 is 7.82 Å². The first kappa shape index (κ1) is 26.5. The van der Waals surface area contributed by atoms with Crippen molar-refractivity contribution in [3.05, 3.63) is 0 Å². The molecule has 0 heterocycles. The predicted octanol–water partition coefficient (Wildman–Crippen LogP) is 5.36. The van der Waals surface area contributed by atoms with Crippen molar-refractivity contribution < 1.29 is 18.9 Å². The average molecular weight is 619 g/mol. The highest BCUT2D eigenvalue weighted by atomic mass is 79.9. The van der Waals surface area contributed by atoms with Crippen LogP contribution < -0.4 is 6.15 Å². The van der Waals surface area contributed by atoms with Gasteiger partial charge in [-0.25, -0.2) is 4.57 Å². The Balaban J connectivity index is 0. The Morgan fingerprint density at radius 2 is 1.55 bits per heavy atom. The highest BCUT2D eigenvalue weighted by molar-refractivity contribution is 9.10. The largest absolute Gasteiger partial charge is 0.470 e. The van der Waals surface area contributed by atoms with Gasteiger partial charge < -0.3 is 15.9 Å². The molecular weight excluding hydrogens is 596 g/mol. The molecule has 0 rings (SSSR count). The second-order valence-electron chi connectivity index (χ2n) is 4.73. The van der Waals surface area contributed by atoms with Gasteiger partial charge in [0.25, 0.3) is 0 Å². The minimum absolute atomic E-state index is 0. The normalized spacial score (nSPS) is 18.2. The molecule has 0 bridgehead atoms. The SMILES string of the molecule is CCC(Br)C(Cl)C(C(Br)CC)C(CBr)(CBr)OP(=O)(O)O.N. The highest BCUT2D eigenvalue weighted by Crippen LogP contribution is 2.50. The maximum atomic E-state index is 11.4. The molecule has 5 nitrogen and oxygen atoms in total. The molecule has 136 valence electrons. The monoisotopic (exact) mass is 615 g/mol. The number of hydrogen-bond donors (Lipinski definition) is 3. The molecule has 0 aromatic carbocycles. The van der Waals surface area contributed by atoms with Crippen molar-refractivity contribution in [1.82, 2.24) is 6.15 Å². The smallest absolute Gasteiger partial charge is 0.344 e. The topological polar surface area (TPSA) is 102 Å². The minimum atomic E-state index is -4.66. The number of alkyl halides is 5. The van der Waals surface area contributed by atoms with E-state index in [1.54, 1.807) is 0 Å². The molecule has 0 saturated carbocycles. The fraction of sp³-hybridized carbons (Fsp3) is 1.00. The fourth-order valence-electron chi connectivity index (χ4n) is 2.08. The third-order valence-corrected chi connectivity index (χ3v) is 9.03. The molecule has 22 heavy (non-hydrogen) atoms. The number of hydrogen-bond acceptors (Lipinski definition) is 3. The lowest BCUT2D eigenvalue weighted by Gasteiger charge is -2.43. The molecule has 11 heteroatoms. The summed E-state index contributed by atoms with van der Waals surface area (Å²) in [6.07, 6.45) is 1.55. The van der Waals surface area contributed by atoms with Gasteiger partial charge in [0.1, 0.15) is 5.60 Å². The second kappa shape index (κ2) is 11.8. The van der Waals surface area contributed by atoms with E-state index in [0.29, 0.717) is 0 Å². The molecule has 0 aliphatic carbocycles. The maximum absolute atomic E-state index is 11.4. The van der Waals surface area contributed by atoms with E-state index in [1.165, 1.54) is 0 Å². The summed E-state index contributed by atoms with van der Waals surface area (Å²) in [5.41, 5.74) is -1.13. The van der Waals surface area contributed by atoms with Crippen LogP contribution >= 0.6 is 83.1 Å². The van der Waals surface area contributed by atoms with E-state index in [9.17, 15) is 14.4 Å². The van der Waals surface area contributed by atoms with Crippen LogP contribution in [-0.4, -0.2) is 41.1 Å². The van der Waals surface area contributed by atoms with Gasteiger partial charge in [0.15, 0.2) is 0 Å². The van der Waals surface area contributed by atoms with Gasteiger partial charge in [0.05, 0.1) is 5.38 Å². The lowest BCUT2D eigenvalue weighted by atomic mass is 9.82. The Labute approximate surface area is 171 Å². The van der Waals surface area contributed by atoms with Gasteiger partial charge in [-0.15, -0.1) is 11.6 Å². The fourth-order valence-corrected chi connectivity index (χ4v) is 6.97. The van der Waals surface area contributed by atoms with Crippen molar-refractivity contribution in [3.8, 4) is 0 Å². The Morgan fingerprint density at radius 3 is 1.82 bits per heavy atom. The summed E-state index contributed by atoms with van der Waals surface area (Å²) < 4.78 is 16.6. The molecule has 0 aromatic rings. The zero-order valence-electron chi connectivity index (χ0n) is 12.4. The highest BCUT2D eigenvalue weighted by Gasteiger charge is 2.50. The summed E-state index contributed by atoms with van der Waals surface area (Å²) in [7, 11) is -4.66. The first-order chi connectivity index (χ1) is 9.58. The van der Waals surface area contributed by atoms with Crippen LogP contribution in [0.5, 0.6) is 0 Å². The van der Waals surface area contributed by atoms with Crippen LogP contribution in [0.2, 0.25) is 0 Å². The van der Waals surface area contributed by atoms with Crippen molar-refractivity contribution in [2.75, 3.05) is 10.7 Å². The zero-order chi connectivity index (χ0) is 16.8. The van der Waals surface area contributed by atoms with E-state index in [1.807, 2.05) is 13.8 Å². The molecule has 5 N–H and O–H groups in total. The number of phosphoric ester groups is 1. The van der Waals surface area contributed by atoms with Crippen LogP contribution in [0.25, 0.3) is 0 Å². The lowest BCUT2D eigenvalue weighted by Crippen LogP contribution is -2.53. The molecule has 0 spiro atoms. The molecule has 0 radical (unpaired) electrons. The summed E-state index contributed by atoms with van der Waals surface area (Å²) in [6.45, 7) is 3.98. The molecule has 4 atom stereocenters. The molecule has 0 fully saturated rings. The van der Waals surface area contributed by atoms with E-state index >= 15 is 0 Å². The Kier molecular flexibility index (Phi) is 14.2. The summed E-state index contributed by atoms with van der Waals surface area (Å²) in [5, 5.41) is 0.131. The van der Waals surface area contributed by atoms with Crippen LogP contribution in [0, 0.1) is 5.92 Å². The van der Waals surface area contributed by atoms with Gasteiger partial charge in [-0.3, -0.25) is 4.52 Å². The van der Waals surface area contributed by atoms with Crippen LogP contribution in [0.1, 0.15) is 26.7 Å². The molecule has 0 aromatic heterocycles. The van der Waals surface area contributed by atoms with Gasteiger partial charge in [-0.2, -0.15) is 0 Å². The quantitative estimate of drug-likeness (QED) is 0.226. The van der Waals surface area contributed by atoms with Crippen LogP contribution in [0.3, 0.4) is 0 Å². The van der Waals surface area contributed by atoms with E-state index in [4.69, 9.17) is 16.1 Å². The molecule has 0 amide bonds. The summed E-state index contributed by atoms with van der Waals surface area (Å²) in [4.78, 5) is 18.5. The number of phosphoric acid groups is 1. The summed E-state index contributed by atoms with van der Waals surface area (Å²) >= 11 is 20.4. The summed E-state index contributed by atoms with van der Waals surface area (Å²) in [6, 6.07) is 0. The van der Waals surface area contributed by atoms with Gasteiger partial charge in [0.2, 0.25) is 0 Å². The molecule has 0 aliphatic rings. The molecule has 0 saturated heterocycles. The van der Waals surface area contributed by atoms with Gasteiger partial charge in [-0.05, 0) is 12.8 Å². The zero-order valence-corrected chi connectivity index (χ0v) is 20.4. The Morgan fingerprint density at radius 1 is 1.14 bits per heavy atom. The van der Waals surface area contributed by atoms with E-state index in [-0.39, 0.29) is 37.8 Å². The Hall–Kier alpha value is 2.28. The molecule has 0 aliphatic heterocycles. The van der Waals surface area contributed by atoms with E-state index in [0.717, 1.165) is 12.8 Å². The van der Waals surface area contributed by atoms with Crippen LogP contribution in [0.15, 0.2) is 0 Å². The average Bonchev–Trinajstić information content (AvgIpc) is 2.43. The lowest BCUT2D eigenvalue weighted by molar-refractivity contribution is 0.0218. The number of rotatable bonds is 10. The predicted molar refractivity (Wildman–Crippen MR) is 108 cm³/mol. The molecule has 4 unspecified atom stereocenters. The van der Waals surface area contributed by atoms with Crippen molar-refractivity contribution in [3.63, 3.8) is 0 Å². The van der Waals surface area contributed by atoms with Gasteiger partial charge in [-0.1, -0.05) is 77.6 Å². The maximum Gasteiger partial charge on any atom is 0.470 e. The van der Waals surface area contributed by atoms with Crippen LogP contribution in [0.4, 0.5) is 0 Å². The summed E-state index contributed by atoms with van der Waals surface area (Å²) in [5.74, 6) is -0.320. The van der Waals surface area contributed by atoms with Crippen molar-refractivity contribution in [1.29, 1.82) is 0 Å². The number of halogens is 5. The van der Waals surface area contributed by atoms with Crippen molar-refractivity contribution in [2.45, 2.75) is 47.3 Å². The third-order valence-electron chi connectivity index (χ3n) is 3.22. The van der Waals surface area contributed by atoms with E-state index in [2.05, 4.69) is 63.7 Å². The minimum Gasteiger partial charge on any atom is -0.344 e. The van der Waals surface area contributed by atoms with Gasteiger partial charge in [0, 0.05) is 26.2 Å². The second-order valence-corrected chi connectivity index (χ2v) is 9.87.